The van der Waals surface area contributed by atoms with Gasteiger partial charge in [-0.2, -0.15) is 5.26 Å². The van der Waals surface area contributed by atoms with Gasteiger partial charge < -0.3 is 19.1 Å². The zero-order valence-corrected chi connectivity index (χ0v) is 22.8. The zero-order valence-electron chi connectivity index (χ0n) is 22.0. The molecule has 2 rings (SSSR count). The molecule has 0 bridgehead atoms. The fraction of sp³-hybridized carbons (Fsp3) is 0.652. The minimum absolute atomic E-state index is 0.108. The minimum Gasteiger partial charge on any atom is -0.459 e. The molecule has 1 aliphatic rings. The molecule has 2 amide bonds. The number of nitrogens with one attached hydrogen (secondary N) is 1. The van der Waals surface area contributed by atoms with E-state index in [0.717, 1.165) is 0 Å². The summed E-state index contributed by atoms with van der Waals surface area (Å²) in [6.07, 6.45) is 0.468. The van der Waals surface area contributed by atoms with Gasteiger partial charge in [-0.3, -0.25) is 15.0 Å². The quantitative estimate of drug-likeness (QED) is 0.262. The second-order valence-corrected chi connectivity index (χ2v) is 10.8. The molecule has 0 spiro atoms. The fourth-order valence-corrected chi connectivity index (χ4v) is 3.60. The molecule has 0 aromatic carbocycles. The first kappa shape index (κ1) is 29.0. The van der Waals surface area contributed by atoms with Gasteiger partial charge in [-0.05, 0) is 47.8 Å². The molecule has 0 radical (unpaired) electrons. The van der Waals surface area contributed by atoms with Crippen molar-refractivity contribution in [3.63, 3.8) is 0 Å². The van der Waals surface area contributed by atoms with Gasteiger partial charge in [-0.25, -0.2) is 19.6 Å². The SMILES string of the molecule is CSc1nc(COC(C)=O)c(NC(=O)OC(C)(C)C)c(N2CCN(C(=O)OC(C)(C)C)[C@H](C#N)C2)n1. The van der Waals surface area contributed by atoms with E-state index in [0.29, 0.717) is 17.5 Å². The molecule has 1 aromatic heterocycles. The topological polar surface area (TPSA) is 147 Å². The lowest BCUT2D eigenvalue weighted by atomic mass is 10.1. The van der Waals surface area contributed by atoms with Crippen LogP contribution < -0.4 is 10.2 Å². The summed E-state index contributed by atoms with van der Waals surface area (Å²) in [7, 11) is 0. The monoisotopic (exact) mass is 522 g/mol. The summed E-state index contributed by atoms with van der Waals surface area (Å²) >= 11 is 1.27. The fourth-order valence-electron chi connectivity index (χ4n) is 3.23. The number of hydrogen-bond acceptors (Lipinski definition) is 11. The van der Waals surface area contributed by atoms with E-state index in [1.807, 2.05) is 0 Å². The van der Waals surface area contributed by atoms with Gasteiger partial charge in [-0.1, -0.05) is 11.8 Å². The molecule has 1 fully saturated rings. The van der Waals surface area contributed by atoms with Crippen LogP contribution in [0.5, 0.6) is 0 Å². The smallest absolute Gasteiger partial charge is 0.412 e. The molecule has 1 aliphatic heterocycles. The van der Waals surface area contributed by atoms with Crippen LogP contribution in [0.1, 0.15) is 54.2 Å². The number of anilines is 2. The van der Waals surface area contributed by atoms with Gasteiger partial charge in [0, 0.05) is 20.0 Å². The van der Waals surface area contributed by atoms with Crippen molar-refractivity contribution in [2.75, 3.05) is 36.1 Å². The summed E-state index contributed by atoms with van der Waals surface area (Å²) in [6.45, 7) is 12.1. The van der Waals surface area contributed by atoms with Gasteiger partial charge in [0.05, 0.1) is 12.6 Å². The Hall–Kier alpha value is -3.27. The first-order chi connectivity index (χ1) is 16.6. The molecule has 198 valence electrons. The van der Waals surface area contributed by atoms with Crippen LogP contribution in [0.15, 0.2) is 5.16 Å². The van der Waals surface area contributed by atoms with Crippen LogP contribution in [0.4, 0.5) is 21.1 Å². The first-order valence-electron chi connectivity index (χ1n) is 11.4. The van der Waals surface area contributed by atoms with Gasteiger partial charge in [0.15, 0.2) is 11.0 Å². The van der Waals surface area contributed by atoms with Gasteiger partial charge in [0.2, 0.25) is 0 Å². The maximum absolute atomic E-state index is 12.7. The van der Waals surface area contributed by atoms with Crippen LogP contribution in [0.3, 0.4) is 0 Å². The standard InChI is InChI=1S/C23H34N6O6S/c1-14(30)33-13-16-17(26-20(31)34-22(2,3)4)18(27-19(25-16)36-8)28-9-10-29(15(11-24)12-28)21(32)35-23(5,6)7/h15H,9-10,12-13H2,1-8H3,(H,26,31)/t15-/m1/s1. The third kappa shape index (κ3) is 8.44. The minimum atomic E-state index is -0.826. The number of rotatable bonds is 5. The van der Waals surface area contributed by atoms with Crippen molar-refractivity contribution in [2.24, 2.45) is 0 Å². The largest absolute Gasteiger partial charge is 0.459 e. The average Bonchev–Trinajstić information content (AvgIpc) is 2.75. The van der Waals surface area contributed by atoms with E-state index in [-0.39, 0.29) is 31.1 Å². The Morgan fingerprint density at radius 1 is 1.11 bits per heavy atom. The normalized spacial score (nSPS) is 16.1. The van der Waals surface area contributed by atoms with Crippen molar-refractivity contribution >= 4 is 41.4 Å². The molecule has 13 heteroatoms. The number of piperazine rings is 1. The molecule has 36 heavy (non-hydrogen) atoms. The predicted octanol–water partition coefficient (Wildman–Crippen LogP) is 3.56. The molecular formula is C23H34N6O6S. The summed E-state index contributed by atoms with van der Waals surface area (Å²) in [5.74, 6) is -0.189. The lowest BCUT2D eigenvalue weighted by Gasteiger charge is -2.39. The van der Waals surface area contributed by atoms with Crippen molar-refractivity contribution in [2.45, 2.75) is 77.5 Å². The average molecular weight is 523 g/mol. The number of nitrogens with zero attached hydrogens (tertiary/aromatic N) is 5. The number of hydrogen-bond donors (Lipinski definition) is 1. The van der Waals surface area contributed by atoms with Crippen LogP contribution in [0.25, 0.3) is 0 Å². The Kier molecular flexibility index (Phi) is 9.37. The molecule has 0 unspecified atom stereocenters. The molecular weight excluding hydrogens is 488 g/mol. The van der Waals surface area contributed by atoms with E-state index in [1.165, 1.54) is 23.6 Å². The van der Waals surface area contributed by atoms with Crippen molar-refractivity contribution in [1.82, 2.24) is 14.9 Å². The Balaban J connectivity index is 2.45. The molecule has 12 nitrogen and oxygen atoms in total. The number of esters is 1. The van der Waals surface area contributed by atoms with Crippen LogP contribution in [-0.2, 0) is 25.6 Å². The Labute approximate surface area is 215 Å². The van der Waals surface area contributed by atoms with Crippen molar-refractivity contribution in [3.05, 3.63) is 5.69 Å². The number of nitriles is 1. The summed E-state index contributed by atoms with van der Waals surface area (Å²) in [6, 6.07) is 1.32. The van der Waals surface area contributed by atoms with Crippen molar-refractivity contribution in [1.29, 1.82) is 5.26 Å². The van der Waals surface area contributed by atoms with E-state index in [1.54, 1.807) is 52.7 Å². The highest BCUT2D eigenvalue weighted by Gasteiger charge is 2.35. The van der Waals surface area contributed by atoms with Crippen LogP contribution in [-0.4, -0.2) is 76.2 Å². The van der Waals surface area contributed by atoms with Crippen LogP contribution in [0, 0.1) is 11.3 Å². The third-order valence-corrected chi connectivity index (χ3v) is 5.17. The Morgan fingerprint density at radius 2 is 1.75 bits per heavy atom. The number of ether oxygens (including phenoxy) is 3. The van der Waals surface area contributed by atoms with Gasteiger partial charge in [0.25, 0.3) is 0 Å². The number of carbonyl (C=O) groups excluding carboxylic acids is 3. The second-order valence-electron chi connectivity index (χ2n) is 10.0. The van der Waals surface area contributed by atoms with Crippen LogP contribution >= 0.6 is 11.8 Å². The van der Waals surface area contributed by atoms with E-state index in [2.05, 4.69) is 21.4 Å². The van der Waals surface area contributed by atoms with Crippen molar-refractivity contribution in [3.8, 4) is 6.07 Å². The first-order valence-corrected chi connectivity index (χ1v) is 12.6. The predicted molar refractivity (Wildman–Crippen MR) is 134 cm³/mol. The highest BCUT2D eigenvalue weighted by Crippen LogP contribution is 2.32. The van der Waals surface area contributed by atoms with Crippen molar-refractivity contribution < 1.29 is 28.6 Å². The third-order valence-electron chi connectivity index (χ3n) is 4.62. The lowest BCUT2D eigenvalue weighted by molar-refractivity contribution is -0.142. The Morgan fingerprint density at radius 3 is 2.28 bits per heavy atom. The summed E-state index contributed by atoms with van der Waals surface area (Å²) in [4.78, 5) is 48.9. The highest BCUT2D eigenvalue weighted by atomic mass is 32.2. The van der Waals surface area contributed by atoms with E-state index >= 15 is 0 Å². The molecule has 1 saturated heterocycles. The molecule has 2 heterocycles. The van der Waals surface area contributed by atoms with E-state index in [9.17, 15) is 19.6 Å². The maximum Gasteiger partial charge on any atom is 0.412 e. The summed E-state index contributed by atoms with van der Waals surface area (Å²) in [5.41, 5.74) is -0.991. The maximum atomic E-state index is 12.7. The van der Waals surface area contributed by atoms with Gasteiger partial charge >= 0.3 is 18.2 Å². The number of aromatic nitrogens is 2. The summed E-state index contributed by atoms with van der Waals surface area (Å²) in [5, 5.41) is 12.9. The number of carbonyl (C=O) groups is 3. The van der Waals surface area contributed by atoms with E-state index in [4.69, 9.17) is 14.2 Å². The number of thioether (sulfide) groups is 1. The molecule has 1 aromatic rings. The lowest BCUT2D eigenvalue weighted by Crippen LogP contribution is -2.56. The number of amides is 2. The second kappa shape index (κ2) is 11.6. The molecule has 0 aliphatic carbocycles. The van der Waals surface area contributed by atoms with Gasteiger partial charge in [-0.15, -0.1) is 0 Å². The summed E-state index contributed by atoms with van der Waals surface area (Å²) < 4.78 is 16.0. The molecule has 1 atom stereocenters. The Bertz CT molecular complexity index is 1030. The molecule has 1 N–H and O–H groups in total. The van der Waals surface area contributed by atoms with E-state index < -0.39 is 35.4 Å². The van der Waals surface area contributed by atoms with Gasteiger partial charge in [0.1, 0.15) is 35.2 Å². The molecule has 0 saturated carbocycles. The zero-order chi connectivity index (χ0) is 27.3. The highest BCUT2D eigenvalue weighted by molar-refractivity contribution is 7.98. The van der Waals surface area contributed by atoms with Crippen LogP contribution in [0.2, 0.25) is 0 Å².